The maximum Gasteiger partial charge on any atom is 0.573 e. The molecule has 19 rings (SSSR count). The summed E-state index contributed by atoms with van der Waals surface area (Å²) in [6.45, 7) is 0. The fourth-order valence-electron chi connectivity index (χ4n) is 14.0. The molecule has 0 atom stereocenters. The van der Waals surface area contributed by atoms with Crippen LogP contribution in [0.25, 0.3) is 112 Å². The number of nitrogens with zero attached hydrogens (tertiary/aromatic N) is 12. The molecule has 0 fully saturated rings. The first-order valence-electron chi connectivity index (χ1n) is 38.1. The molecular weight excluding hydrogens is 1750 g/mol. The first-order chi connectivity index (χ1) is 62.6. The third-order valence-corrected chi connectivity index (χ3v) is 20.3. The van der Waals surface area contributed by atoms with Gasteiger partial charge >= 0.3 is 41.1 Å². The normalized spacial score (nSPS) is 11.0. The Morgan fingerprint density at radius 3 is 0.900 bits per heavy atom. The molecule has 0 spiro atoms. The Kier molecular flexibility index (Phi) is 23.2. The van der Waals surface area contributed by atoms with E-state index in [-0.39, 0.29) is 51.1 Å². The van der Waals surface area contributed by atoms with Gasteiger partial charge in [-0.05, 0) is 252 Å². The molecule has 0 saturated carbocycles. The number of esters is 1. The molecule has 0 unspecified atom stereocenters. The third kappa shape index (κ3) is 18.0. The summed E-state index contributed by atoms with van der Waals surface area (Å²) in [5.41, 5.74) is 1.92. The number of carboxylic acids is 1. The Bertz CT molecular complexity index is 8360. The number of carbonyl (C=O) groups is 2. The molecule has 0 aliphatic carbocycles. The van der Waals surface area contributed by atoms with Crippen LogP contribution in [-0.4, -0.2) is 88.7 Å². The van der Waals surface area contributed by atoms with Gasteiger partial charge in [-0.15, -0.1) is 13.2 Å². The first kappa shape index (κ1) is 84.8. The van der Waals surface area contributed by atoms with Crippen LogP contribution < -0.4 is 63.9 Å². The lowest BCUT2D eigenvalue weighted by Crippen LogP contribution is -2.27. The minimum atomic E-state index is -4.84. The van der Waals surface area contributed by atoms with Gasteiger partial charge in [-0.2, -0.15) is 41.0 Å². The number of fused-ring (bicyclic) bond motifs is 8. The number of carbonyl (C=O) groups excluding carboxylic acids is 1. The molecule has 8 aliphatic heterocycles. The number of aromatic nitrogens is 12. The number of nitrogens with one attached hydrogen (secondary N) is 4. The minimum absolute atomic E-state index is 0.00540. The summed E-state index contributed by atoms with van der Waals surface area (Å²) >= 11 is 3.39. The predicted octanol–water partition coefficient (Wildman–Crippen LogP) is 14.7. The molecule has 632 valence electrons. The molecule has 0 bridgehead atoms. The van der Waals surface area contributed by atoms with Gasteiger partial charge < -0.3 is 28.8 Å². The van der Waals surface area contributed by atoms with Gasteiger partial charge in [0.2, 0.25) is 0 Å². The molecule has 32 nitrogen and oxygen atoms in total. The molecule has 8 aliphatic rings. The highest BCUT2D eigenvalue weighted by Crippen LogP contribution is 2.37. The second-order valence-electron chi connectivity index (χ2n) is 28.0. The molecular formula is C94H52BrF3N16O16. The van der Waals surface area contributed by atoms with E-state index in [1.165, 1.54) is 48.1 Å². The number of hydrogen-bond acceptors (Lipinski definition) is 23. The van der Waals surface area contributed by atoms with Crippen molar-refractivity contribution in [2.24, 2.45) is 0 Å². The summed E-state index contributed by atoms with van der Waals surface area (Å²) < 4.78 is 70.8. The van der Waals surface area contributed by atoms with Crippen molar-refractivity contribution in [1.82, 2.24) is 58.1 Å². The Morgan fingerprint density at radius 1 is 0.354 bits per heavy atom. The number of carboxylic acid groups (broad SMARTS) is 1. The number of benzene rings is 11. The number of methoxy groups -OCH3 is 1. The molecule has 11 aromatic rings. The third-order valence-electron chi connectivity index (χ3n) is 19.8. The van der Waals surface area contributed by atoms with E-state index in [9.17, 15) is 82.2 Å². The van der Waals surface area contributed by atoms with Gasteiger partial charge in [-0.25, -0.2) is 28.8 Å². The Labute approximate surface area is 732 Å². The van der Waals surface area contributed by atoms with Crippen LogP contribution in [-0.2, 0) is 4.74 Å². The number of H-pyrrole nitrogens is 4. The topological polar surface area (TPSA) is 467 Å². The van der Waals surface area contributed by atoms with Crippen LogP contribution in [0, 0.1) is 45.3 Å². The quantitative estimate of drug-likeness (QED) is 0.0528. The zero-order valence-electron chi connectivity index (χ0n) is 66.4. The summed E-state index contributed by atoms with van der Waals surface area (Å²) in [6.07, 6.45) is -4.84. The van der Waals surface area contributed by atoms with Gasteiger partial charge in [-0.3, -0.25) is 57.4 Å². The maximum absolute atomic E-state index is 12.5. The van der Waals surface area contributed by atoms with Crippen LogP contribution in [0.15, 0.2) is 310 Å². The van der Waals surface area contributed by atoms with Crippen molar-refractivity contribution in [3.63, 3.8) is 0 Å². The Hall–Kier alpha value is -18.8. The van der Waals surface area contributed by atoms with E-state index in [1.807, 2.05) is 30.3 Å². The zero-order valence-corrected chi connectivity index (χ0v) is 67.9. The SMILES string of the molecule is COC(=O)c1cccc(Oc2ccc(-n3c4nc(=O)[nH]c(=O)c-4cc4ccc(C#N)cc43)cc2)c1.N#Cc1ccc2cc3c(=O)[nH]c(=O)nc-3n(-c3ccc(OC(F)(F)F)cc3)c2c1.N#Cc1ccc2cc3c(=O)[nH]c(=O)nc-3n(-c3ccc(Oc4ccc(Br)cc4)cc3)c2c1.N#Cc1ccc2cc3c(=O)[nH]c(=O)nc-3n(-c3ccc(Oc4cccc(C(=O)O)c4)cc3)c2c1. The number of halogens is 4. The Morgan fingerprint density at radius 2 is 0.623 bits per heavy atom. The molecule has 0 saturated heterocycles. The van der Waals surface area contributed by atoms with Crippen LogP contribution in [0.1, 0.15) is 43.0 Å². The van der Waals surface area contributed by atoms with E-state index in [2.05, 4.69) is 78.7 Å². The molecule has 11 aromatic carbocycles. The van der Waals surface area contributed by atoms with Gasteiger partial charge in [0.1, 0.15) is 40.2 Å². The fraction of sp³-hybridized carbons (Fsp3) is 0.0213. The molecule has 5 N–H and O–H groups in total. The summed E-state index contributed by atoms with van der Waals surface area (Å²) in [5.74, 6) is 1.64. The van der Waals surface area contributed by atoms with Gasteiger partial charge in [0.15, 0.2) is 23.3 Å². The number of aromatic carboxylic acids is 1. The number of hydrogen-bond donors (Lipinski definition) is 5. The van der Waals surface area contributed by atoms with Crippen molar-refractivity contribution in [2.75, 3.05) is 7.11 Å². The minimum Gasteiger partial charge on any atom is -0.478 e. The van der Waals surface area contributed by atoms with Crippen molar-refractivity contribution in [2.45, 2.75) is 6.36 Å². The molecule has 0 aromatic heterocycles. The van der Waals surface area contributed by atoms with Crippen molar-refractivity contribution >= 4 is 71.5 Å². The standard InChI is InChI=1S/C26H16N4O5.C25H14N4O5.C24H13BrN4O3.C19H9F3N4O3/c1-34-25(32)17-3-2-4-20(12-17)35-19-9-7-18(8-10-19)30-22-11-15(14-27)5-6-16(22)13-21-23(30)28-26(33)29-24(21)31;26-13-14-4-5-15-12-20-22(27-25(33)28-23(20)30)29(21(15)10-14)17-6-8-18(9-7-17)34-19-3-1-2-16(11-19)24(31)32;25-16-3-7-18(8-4-16)32-19-9-5-17(6-10-19)29-21-11-14(13-26)1-2-15(21)12-20-22(29)27-24(31)28-23(20)30;20-19(21,22)29-13-5-3-12(4-6-13)26-15-7-10(9-23)1-2-11(15)8-14-16(26)24-18(28)25-17(14)27/h2-13H,1H3,(H,29,31,33);1-12H,(H,31,32)(H,28,30,33);1-12H,(H,28,30,31);1-8H,(H,25,27,28). The summed E-state index contributed by atoms with van der Waals surface area (Å²) in [5, 5.41) is 49.1. The van der Waals surface area contributed by atoms with Crippen LogP contribution in [0.3, 0.4) is 0 Å². The number of aromatic amines is 4. The largest absolute Gasteiger partial charge is 0.573 e. The summed E-state index contributed by atoms with van der Waals surface area (Å²) in [6, 6.07) is 80.5. The van der Waals surface area contributed by atoms with Gasteiger partial charge in [0, 0.05) is 27.2 Å². The smallest absolute Gasteiger partial charge is 0.478 e. The molecule has 0 radical (unpaired) electrons. The second-order valence-corrected chi connectivity index (χ2v) is 28.9. The van der Waals surface area contributed by atoms with E-state index in [1.54, 1.807) is 208 Å². The van der Waals surface area contributed by atoms with E-state index in [0.29, 0.717) is 123 Å². The van der Waals surface area contributed by atoms with E-state index in [0.717, 1.165) is 22.0 Å². The van der Waals surface area contributed by atoms with E-state index < -0.39 is 69.0 Å². The van der Waals surface area contributed by atoms with Gasteiger partial charge in [0.05, 0.1) is 109 Å². The van der Waals surface area contributed by atoms with E-state index in [4.69, 9.17) is 24.1 Å². The van der Waals surface area contributed by atoms with Gasteiger partial charge in [0.25, 0.3) is 22.2 Å². The summed E-state index contributed by atoms with van der Waals surface area (Å²) in [4.78, 5) is 145. The van der Waals surface area contributed by atoms with Crippen molar-refractivity contribution < 1.29 is 51.6 Å². The van der Waals surface area contributed by atoms with Crippen LogP contribution in [0.5, 0.6) is 40.2 Å². The molecule has 8 heterocycles. The molecule has 36 heteroatoms. The lowest BCUT2D eigenvalue weighted by Gasteiger charge is -2.18. The Balaban J connectivity index is 0.000000127. The van der Waals surface area contributed by atoms with Crippen molar-refractivity contribution in [3.05, 3.63) is 388 Å². The van der Waals surface area contributed by atoms with Crippen LogP contribution in [0.2, 0.25) is 0 Å². The number of alkyl halides is 3. The van der Waals surface area contributed by atoms with Crippen LogP contribution in [0.4, 0.5) is 13.2 Å². The fourth-order valence-corrected chi connectivity index (χ4v) is 14.3. The summed E-state index contributed by atoms with van der Waals surface area (Å²) in [7, 11) is 1.31. The lowest BCUT2D eigenvalue weighted by atomic mass is 10.1. The average molecular weight is 1800 g/mol. The highest BCUT2D eigenvalue weighted by atomic mass is 79.9. The maximum atomic E-state index is 12.5. The number of nitriles is 4. The number of ether oxygens (including phenoxy) is 5. The highest BCUT2D eigenvalue weighted by molar-refractivity contribution is 9.10. The average Bonchev–Trinajstić information content (AvgIpc) is 0.761. The van der Waals surface area contributed by atoms with Gasteiger partial charge in [-0.1, -0.05) is 52.3 Å². The van der Waals surface area contributed by atoms with Crippen molar-refractivity contribution in [1.29, 1.82) is 21.0 Å². The van der Waals surface area contributed by atoms with Crippen molar-refractivity contribution in [3.8, 4) is 133 Å². The number of pyridine rings is 4. The lowest BCUT2D eigenvalue weighted by molar-refractivity contribution is -0.274. The highest BCUT2D eigenvalue weighted by Gasteiger charge is 2.32. The number of rotatable bonds is 13. The zero-order chi connectivity index (χ0) is 91.3. The predicted molar refractivity (Wildman–Crippen MR) is 469 cm³/mol. The monoisotopic (exact) mass is 1800 g/mol. The van der Waals surface area contributed by atoms with Crippen LogP contribution >= 0.6 is 15.9 Å². The second kappa shape index (κ2) is 35.6. The van der Waals surface area contributed by atoms with E-state index >= 15 is 0 Å². The first-order valence-corrected chi connectivity index (χ1v) is 38.9. The molecule has 130 heavy (non-hydrogen) atoms. The molecule has 0 amide bonds.